The molecule has 0 aliphatic carbocycles. The summed E-state index contributed by atoms with van der Waals surface area (Å²) in [6, 6.07) is 2.83. The van der Waals surface area contributed by atoms with Gasteiger partial charge < -0.3 is 5.32 Å². The standard InChI is InChI=1S/C12H10F3N5S/c1-16-10-7-3-5-21-11(7)18-9(17-10)6-20-4-2-8(19-20)12(13,14)15/h2-5H,6H2,1H3,(H,16,17,18). The number of nitrogens with one attached hydrogen (secondary N) is 1. The lowest BCUT2D eigenvalue weighted by atomic mass is 10.3. The largest absolute Gasteiger partial charge is 0.435 e. The van der Waals surface area contributed by atoms with Crippen molar-refractivity contribution in [2.75, 3.05) is 12.4 Å². The SMILES string of the molecule is CNc1nc(Cn2ccc(C(F)(F)F)n2)nc2sccc12. The van der Waals surface area contributed by atoms with Gasteiger partial charge in [-0.25, -0.2) is 9.97 Å². The van der Waals surface area contributed by atoms with Crippen LogP contribution in [0.1, 0.15) is 11.5 Å². The second kappa shape index (κ2) is 4.99. The van der Waals surface area contributed by atoms with Crippen molar-refractivity contribution in [2.24, 2.45) is 0 Å². The van der Waals surface area contributed by atoms with Gasteiger partial charge in [-0.05, 0) is 17.5 Å². The molecule has 0 amide bonds. The van der Waals surface area contributed by atoms with Gasteiger partial charge in [0.05, 0.1) is 5.39 Å². The lowest BCUT2D eigenvalue weighted by molar-refractivity contribution is -0.141. The second-order valence-electron chi connectivity index (χ2n) is 4.27. The van der Waals surface area contributed by atoms with Gasteiger partial charge in [0.1, 0.15) is 17.2 Å². The van der Waals surface area contributed by atoms with E-state index in [-0.39, 0.29) is 6.54 Å². The van der Waals surface area contributed by atoms with Crippen molar-refractivity contribution >= 4 is 27.4 Å². The number of nitrogens with zero attached hydrogens (tertiary/aromatic N) is 4. The summed E-state index contributed by atoms with van der Waals surface area (Å²) in [6.07, 6.45) is -3.18. The molecule has 0 saturated heterocycles. The van der Waals surface area contributed by atoms with Crippen LogP contribution in [0.25, 0.3) is 10.2 Å². The second-order valence-corrected chi connectivity index (χ2v) is 5.17. The molecular formula is C12H10F3N5S. The van der Waals surface area contributed by atoms with Crippen molar-refractivity contribution < 1.29 is 13.2 Å². The molecule has 5 nitrogen and oxygen atoms in total. The van der Waals surface area contributed by atoms with Crippen LogP contribution in [0, 0.1) is 0 Å². The molecule has 3 rings (SSSR count). The van der Waals surface area contributed by atoms with E-state index >= 15 is 0 Å². The zero-order valence-electron chi connectivity index (χ0n) is 10.8. The van der Waals surface area contributed by atoms with Gasteiger partial charge in [-0.2, -0.15) is 18.3 Å². The van der Waals surface area contributed by atoms with Crippen LogP contribution < -0.4 is 5.32 Å². The van der Waals surface area contributed by atoms with E-state index in [0.29, 0.717) is 11.6 Å². The van der Waals surface area contributed by atoms with Crippen molar-refractivity contribution in [3.05, 3.63) is 35.2 Å². The van der Waals surface area contributed by atoms with Crippen molar-refractivity contribution in [1.29, 1.82) is 0 Å². The Morgan fingerprint density at radius 3 is 2.76 bits per heavy atom. The van der Waals surface area contributed by atoms with E-state index in [1.807, 2.05) is 11.4 Å². The molecule has 0 spiro atoms. The summed E-state index contributed by atoms with van der Waals surface area (Å²) in [4.78, 5) is 9.42. The Labute approximate surface area is 121 Å². The number of hydrogen-bond acceptors (Lipinski definition) is 5. The van der Waals surface area contributed by atoms with Crippen molar-refractivity contribution in [1.82, 2.24) is 19.7 Å². The van der Waals surface area contributed by atoms with Gasteiger partial charge in [-0.1, -0.05) is 0 Å². The zero-order chi connectivity index (χ0) is 15.0. The first-order chi connectivity index (χ1) is 9.97. The van der Waals surface area contributed by atoms with Crippen LogP contribution in [0.15, 0.2) is 23.7 Å². The molecule has 0 saturated carbocycles. The molecule has 0 aliphatic rings. The summed E-state index contributed by atoms with van der Waals surface area (Å²) in [5.41, 5.74) is -0.923. The maximum atomic E-state index is 12.5. The predicted molar refractivity (Wildman–Crippen MR) is 73.3 cm³/mol. The highest BCUT2D eigenvalue weighted by Crippen LogP contribution is 2.28. The summed E-state index contributed by atoms with van der Waals surface area (Å²) < 4.78 is 38.7. The van der Waals surface area contributed by atoms with Crippen LogP contribution in [0.5, 0.6) is 0 Å². The van der Waals surface area contributed by atoms with Crippen LogP contribution in [-0.2, 0) is 12.7 Å². The number of thiophene rings is 1. The van der Waals surface area contributed by atoms with Crippen LogP contribution in [0.3, 0.4) is 0 Å². The van der Waals surface area contributed by atoms with Gasteiger partial charge in [-0.3, -0.25) is 4.68 Å². The highest BCUT2D eigenvalue weighted by atomic mass is 32.1. The number of halogens is 3. The van der Waals surface area contributed by atoms with E-state index < -0.39 is 11.9 Å². The molecule has 0 bridgehead atoms. The summed E-state index contributed by atoms with van der Waals surface area (Å²) in [5.74, 6) is 1.06. The molecule has 0 aromatic carbocycles. The van der Waals surface area contributed by atoms with E-state index in [1.54, 1.807) is 7.05 Å². The smallest absolute Gasteiger partial charge is 0.372 e. The highest BCUT2D eigenvalue weighted by molar-refractivity contribution is 7.16. The van der Waals surface area contributed by atoms with Crippen LogP contribution >= 0.6 is 11.3 Å². The molecule has 1 N–H and O–H groups in total. The van der Waals surface area contributed by atoms with Crippen LogP contribution in [0.4, 0.5) is 19.0 Å². The van der Waals surface area contributed by atoms with E-state index in [1.165, 1.54) is 22.2 Å². The quantitative estimate of drug-likeness (QED) is 0.807. The number of fused-ring (bicyclic) bond motifs is 1. The number of anilines is 1. The average molecular weight is 313 g/mol. The van der Waals surface area contributed by atoms with Gasteiger partial charge in [-0.15, -0.1) is 11.3 Å². The first kappa shape index (κ1) is 13.8. The molecule has 3 aromatic rings. The minimum Gasteiger partial charge on any atom is -0.372 e. The van der Waals surface area contributed by atoms with Crippen molar-refractivity contribution in [2.45, 2.75) is 12.7 Å². The van der Waals surface area contributed by atoms with Gasteiger partial charge in [0.15, 0.2) is 11.5 Å². The number of rotatable bonds is 3. The summed E-state index contributed by atoms with van der Waals surface area (Å²) in [6.45, 7) is 0.0819. The Morgan fingerprint density at radius 2 is 2.10 bits per heavy atom. The van der Waals surface area contributed by atoms with Gasteiger partial charge in [0.2, 0.25) is 0 Å². The number of aromatic nitrogens is 4. The average Bonchev–Trinajstić information content (AvgIpc) is 3.05. The fourth-order valence-corrected chi connectivity index (χ4v) is 2.69. The first-order valence-electron chi connectivity index (χ1n) is 6.00. The fraction of sp³-hybridized carbons (Fsp3) is 0.250. The Hall–Kier alpha value is -2.16. The molecule has 0 fully saturated rings. The van der Waals surface area contributed by atoms with E-state index in [0.717, 1.165) is 16.3 Å². The van der Waals surface area contributed by atoms with E-state index in [4.69, 9.17) is 0 Å². The molecule has 3 heterocycles. The van der Waals surface area contributed by atoms with E-state index in [9.17, 15) is 13.2 Å². The van der Waals surface area contributed by atoms with Crippen molar-refractivity contribution in [3.63, 3.8) is 0 Å². The minimum atomic E-state index is -4.44. The number of hydrogen-bond donors (Lipinski definition) is 1. The summed E-state index contributed by atoms with van der Waals surface area (Å²) >= 11 is 1.45. The summed E-state index contributed by atoms with van der Waals surface area (Å²) in [5, 5.41) is 9.23. The number of alkyl halides is 3. The third kappa shape index (κ3) is 2.68. The minimum absolute atomic E-state index is 0.0819. The molecular weight excluding hydrogens is 303 g/mol. The van der Waals surface area contributed by atoms with Crippen LogP contribution in [-0.4, -0.2) is 26.8 Å². The third-order valence-corrected chi connectivity index (χ3v) is 3.65. The molecule has 0 atom stereocenters. The van der Waals surface area contributed by atoms with E-state index in [2.05, 4.69) is 20.4 Å². The Balaban J connectivity index is 1.92. The molecule has 110 valence electrons. The Morgan fingerprint density at radius 1 is 1.29 bits per heavy atom. The van der Waals surface area contributed by atoms with Crippen LogP contribution in [0.2, 0.25) is 0 Å². The van der Waals surface area contributed by atoms with Gasteiger partial charge in [0, 0.05) is 13.2 Å². The predicted octanol–water partition coefficient (Wildman–Crippen LogP) is 3.00. The summed E-state index contributed by atoms with van der Waals surface area (Å²) in [7, 11) is 1.74. The Bertz CT molecular complexity index is 777. The molecule has 21 heavy (non-hydrogen) atoms. The molecule has 0 radical (unpaired) electrons. The Kier molecular flexibility index (Phi) is 3.28. The third-order valence-electron chi connectivity index (χ3n) is 2.84. The first-order valence-corrected chi connectivity index (χ1v) is 6.88. The normalized spacial score (nSPS) is 12.0. The lowest BCUT2D eigenvalue weighted by Gasteiger charge is -2.06. The fourth-order valence-electron chi connectivity index (χ4n) is 1.91. The monoisotopic (exact) mass is 313 g/mol. The molecule has 9 heteroatoms. The van der Waals surface area contributed by atoms with Gasteiger partial charge >= 0.3 is 6.18 Å². The maximum Gasteiger partial charge on any atom is 0.435 e. The van der Waals surface area contributed by atoms with Gasteiger partial charge in [0.25, 0.3) is 0 Å². The lowest BCUT2D eigenvalue weighted by Crippen LogP contribution is -2.10. The zero-order valence-corrected chi connectivity index (χ0v) is 11.7. The van der Waals surface area contributed by atoms with Crippen molar-refractivity contribution in [3.8, 4) is 0 Å². The topological polar surface area (TPSA) is 55.6 Å². The molecule has 0 unspecified atom stereocenters. The highest BCUT2D eigenvalue weighted by Gasteiger charge is 2.33. The molecule has 3 aromatic heterocycles. The maximum absolute atomic E-state index is 12.5. The molecule has 0 aliphatic heterocycles.